The van der Waals surface area contributed by atoms with E-state index in [0.717, 1.165) is 11.6 Å². The van der Waals surface area contributed by atoms with E-state index in [1.54, 1.807) is 13.0 Å². The largest absolute Gasteiger partial charge is 0.280 e. The molecule has 18 heavy (non-hydrogen) atoms. The van der Waals surface area contributed by atoms with Gasteiger partial charge in [-0.3, -0.25) is 4.72 Å². The van der Waals surface area contributed by atoms with Crippen LogP contribution >= 0.6 is 0 Å². The van der Waals surface area contributed by atoms with Gasteiger partial charge in [-0.2, -0.15) is 12.8 Å². The Morgan fingerprint density at radius 2 is 2.06 bits per heavy atom. The van der Waals surface area contributed by atoms with Gasteiger partial charge in [0.25, 0.3) is 10.0 Å². The first-order valence-electron chi connectivity index (χ1n) is 5.05. The monoisotopic (exact) mass is 267 g/mol. The second-order valence-electron chi connectivity index (χ2n) is 3.62. The highest BCUT2D eigenvalue weighted by Gasteiger charge is 2.16. The Labute approximate surface area is 104 Å². The van der Waals surface area contributed by atoms with Crippen molar-refractivity contribution in [3.8, 4) is 0 Å². The third-order valence-electron chi connectivity index (χ3n) is 2.12. The maximum Gasteiger partial charge on any atom is 0.280 e. The topological polar surface area (TPSA) is 72.0 Å². The molecule has 0 saturated carbocycles. The van der Waals surface area contributed by atoms with Gasteiger partial charge in [-0.25, -0.2) is 9.97 Å². The van der Waals surface area contributed by atoms with Gasteiger partial charge in [0.1, 0.15) is 5.82 Å². The van der Waals surface area contributed by atoms with Crippen molar-refractivity contribution in [1.29, 1.82) is 0 Å². The molecule has 7 heteroatoms. The molecule has 0 fully saturated rings. The first-order valence-corrected chi connectivity index (χ1v) is 6.54. The lowest BCUT2D eigenvalue weighted by molar-refractivity contribution is 0.584. The number of aryl methyl sites for hydroxylation is 1. The van der Waals surface area contributed by atoms with E-state index < -0.39 is 16.0 Å². The first-order chi connectivity index (χ1) is 8.47. The van der Waals surface area contributed by atoms with Gasteiger partial charge < -0.3 is 0 Å². The number of pyridine rings is 2. The summed E-state index contributed by atoms with van der Waals surface area (Å²) < 4.78 is 38.9. The molecule has 1 N–H and O–H groups in total. The third-order valence-corrected chi connectivity index (χ3v) is 3.37. The van der Waals surface area contributed by atoms with Crippen molar-refractivity contribution < 1.29 is 12.8 Å². The molecule has 0 amide bonds. The van der Waals surface area contributed by atoms with Crippen molar-refractivity contribution in [2.24, 2.45) is 0 Å². The van der Waals surface area contributed by atoms with E-state index >= 15 is 0 Å². The van der Waals surface area contributed by atoms with Crippen molar-refractivity contribution in [3.05, 3.63) is 48.0 Å². The molecule has 2 rings (SSSR count). The van der Waals surface area contributed by atoms with Crippen molar-refractivity contribution in [2.45, 2.75) is 11.9 Å². The van der Waals surface area contributed by atoms with Crippen LogP contribution in [-0.4, -0.2) is 18.4 Å². The van der Waals surface area contributed by atoms with Crippen molar-refractivity contribution in [3.63, 3.8) is 0 Å². The minimum atomic E-state index is -3.84. The van der Waals surface area contributed by atoms with E-state index in [1.807, 2.05) is 0 Å². The summed E-state index contributed by atoms with van der Waals surface area (Å²) >= 11 is 0. The van der Waals surface area contributed by atoms with Crippen LogP contribution in [0.15, 0.2) is 41.6 Å². The standard InChI is InChI=1S/C11H10FN3O2S/c1-8-5-6-13-11(7-8)18(16,17)15-10-4-2-3-9(12)14-10/h2-7H,1H3,(H,14,15). The Morgan fingerprint density at radius 3 is 2.72 bits per heavy atom. The van der Waals surface area contributed by atoms with Crippen LogP contribution in [0.5, 0.6) is 0 Å². The molecule has 0 aliphatic rings. The van der Waals surface area contributed by atoms with E-state index in [1.165, 1.54) is 24.4 Å². The van der Waals surface area contributed by atoms with Gasteiger partial charge in [-0.15, -0.1) is 0 Å². The van der Waals surface area contributed by atoms with Gasteiger partial charge >= 0.3 is 0 Å². The highest BCUT2D eigenvalue weighted by molar-refractivity contribution is 7.92. The quantitative estimate of drug-likeness (QED) is 0.859. The molecule has 2 aromatic heterocycles. The number of hydrogen-bond acceptors (Lipinski definition) is 4. The summed E-state index contributed by atoms with van der Waals surface area (Å²) in [6.45, 7) is 1.75. The van der Waals surface area contributed by atoms with E-state index in [0.29, 0.717) is 0 Å². The molecule has 0 bridgehead atoms. The van der Waals surface area contributed by atoms with Crippen LogP contribution in [0.25, 0.3) is 0 Å². The molecule has 2 aromatic rings. The summed E-state index contributed by atoms with van der Waals surface area (Å²) in [5.41, 5.74) is 0.762. The zero-order chi connectivity index (χ0) is 13.2. The molecule has 0 atom stereocenters. The molecule has 2 heterocycles. The second-order valence-corrected chi connectivity index (χ2v) is 5.25. The number of sulfonamides is 1. The Balaban J connectivity index is 2.33. The van der Waals surface area contributed by atoms with Crippen LogP contribution in [0.1, 0.15) is 5.56 Å². The Morgan fingerprint density at radius 1 is 1.28 bits per heavy atom. The van der Waals surface area contributed by atoms with Crippen LogP contribution in [0.3, 0.4) is 0 Å². The zero-order valence-corrected chi connectivity index (χ0v) is 10.3. The average molecular weight is 267 g/mol. The number of hydrogen-bond donors (Lipinski definition) is 1. The fraction of sp³-hybridized carbons (Fsp3) is 0.0909. The fourth-order valence-electron chi connectivity index (χ4n) is 1.31. The van der Waals surface area contributed by atoms with E-state index in [2.05, 4.69) is 14.7 Å². The molecular weight excluding hydrogens is 257 g/mol. The fourth-order valence-corrected chi connectivity index (χ4v) is 2.34. The molecule has 5 nitrogen and oxygen atoms in total. The van der Waals surface area contributed by atoms with Crippen LogP contribution in [-0.2, 0) is 10.0 Å². The Hall–Kier alpha value is -2.02. The van der Waals surface area contributed by atoms with E-state index in [-0.39, 0.29) is 10.8 Å². The lowest BCUT2D eigenvalue weighted by Crippen LogP contribution is -2.15. The Bertz CT molecular complexity index is 673. The molecule has 0 saturated heterocycles. The molecule has 0 spiro atoms. The summed E-state index contributed by atoms with van der Waals surface area (Å²) in [7, 11) is -3.84. The first kappa shape index (κ1) is 12.4. The van der Waals surface area contributed by atoms with Gasteiger partial charge in [0.15, 0.2) is 5.03 Å². The maximum absolute atomic E-state index is 12.8. The molecule has 0 radical (unpaired) electrons. The highest BCUT2D eigenvalue weighted by atomic mass is 32.2. The predicted octanol–water partition coefficient (Wildman–Crippen LogP) is 1.72. The summed E-state index contributed by atoms with van der Waals surface area (Å²) in [5, 5.41) is -0.131. The smallest absolute Gasteiger partial charge is 0.262 e. The number of nitrogens with one attached hydrogen (secondary N) is 1. The molecule has 0 aliphatic carbocycles. The molecular formula is C11H10FN3O2S. The van der Waals surface area contributed by atoms with Crippen LogP contribution in [0.4, 0.5) is 10.2 Å². The normalized spacial score (nSPS) is 11.2. The van der Waals surface area contributed by atoms with Crippen molar-refractivity contribution in [2.75, 3.05) is 4.72 Å². The molecule has 0 aliphatic heterocycles. The van der Waals surface area contributed by atoms with Gasteiger partial charge in [0.05, 0.1) is 0 Å². The van der Waals surface area contributed by atoms with E-state index in [9.17, 15) is 12.8 Å². The predicted molar refractivity (Wildman–Crippen MR) is 64.0 cm³/mol. The van der Waals surface area contributed by atoms with Crippen molar-refractivity contribution >= 4 is 15.8 Å². The lowest BCUT2D eigenvalue weighted by atomic mass is 10.3. The molecule has 0 aromatic carbocycles. The number of rotatable bonds is 3. The molecule has 0 unspecified atom stereocenters. The average Bonchev–Trinajstić information content (AvgIpc) is 2.28. The highest BCUT2D eigenvalue weighted by Crippen LogP contribution is 2.13. The number of nitrogens with zero attached hydrogens (tertiary/aromatic N) is 2. The second kappa shape index (κ2) is 4.69. The van der Waals surface area contributed by atoms with Gasteiger partial charge in [0, 0.05) is 6.20 Å². The number of halogens is 1. The molecule has 94 valence electrons. The van der Waals surface area contributed by atoms with E-state index in [4.69, 9.17) is 0 Å². The lowest BCUT2D eigenvalue weighted by Gasteiger charge is -2.06. The van der Waals surface area contributed by atoms with Gasteiger partial charge in [-0.1, -0.05) is 6.07 Å². The van der Waals surface area contributed by atoms with Crippen LogP contribution in [0, 0.1) is 12.9 Å². The minimum absolute atomic E-state index is 0.0849. The minimum Gasteiger partial charge on any atom is -0.262 e. The zero-order valence-electron chi connectivity index (χ0n) is 9.46. The third kappa shape index (κ3) is 2.80. The Kier molecular flexibility index (Phi) is 3.24. The maximum atomic E-state index is 12.8. The number of aromatic nitrogens is 2. The van der Waals surface area contributed by atoms with Crippen LogP contribution < -0.4 is 4.72 Å². The SMILES string of the molecule is Cc1ccnc(S(=O)(=O)Nc2cccc(F)n2)c1. The summed E-state index contributed by atoms with van der Waals surface area (Å²) in [5.74, 6) is -0.842. The van der Waals surface area contributed by atoms with Crippen LogP contribution in [0.2, 0.25) is 0 Å². The van der Waals surface area contributed by atoms with Gasteiger partial charge in [-0.05, 0) is 36.8 Å². The summed E-state index contributed by atoms with van der Waals surface area (Å²) in [4.78, 5) is 7.18. The van der Waals surface area contributed by atoms with Crippen molar-refractivity contribution in [1.82, 2.24) is 9.97 Å². The van der Waals surface area contributed by atoms with Gasteiger partial charge in [0.2, 0.25) is 5.95 Å². The summed E-state index contributed by atoms with van der Waals surface area (Å²) in [6, 6.07) is 6.95. The summed E-state index contributed by atoms with van der Waals surface area (Å²) in [6.07, 6.45) is 1.39. The number of anilines is 1.